The zero-order valence-electron chi connectivity index (χ0n) is 11.3. The van der Waals surface area contributed by atoms with Crippen LogP contribution in [0, 0.1) is 5.92 Å². The van der Waals surface area contributed by atoms with E-state index in [1.807, 2.05) is 0 Å². The molecular weight excluding hydrogens is 256 g/mol. The van der Waals surface area contributed by atoms with Crippen LogP contribution in [0.2, 0.25) is 13.1 Å². The van der Waals surface area contributed by atoms with Crippen molar-refractivity contribution in [3.63, 3.8) is 0 Å². The highest BCUT2D eigenvalue weighted by atomic mass is 32.1. The first-order valence-corrected chi connectivity index (χ1v) is 10.6. The maximum atomic E-state index is 11.7. The Morgan fingerprint density at radius 3 is 2.28 bits per heavy atom. The van der Waals surface area contributed by atoms with Crippen molar-refractivity contribution in [2.24, 2.45) is 5.92 Å². The van der Waals surface area contributed by atoms with Crippen LogP contribution in [0.25, 0.3) is 0 Å². The van der Waals surface area contributed by atoms with Crippen molar-refractivity contribution in [3.05, 3.63) is 30.3 Å². The topological polar surface area (TPSA) is 17.1 Å². The molecule has 1 nitrogen and oxygen atoms in total. The van der Waals surface area contributed by atoms with Crippen LogP contribution >= 0.6 is 0 Å². The van der Waals surface area contributed by atoms with Gasteiger partial charge in [0.05, 0.1) is 11.3 Å². The molecule has 0 aromatic heterocycles. The molecule has 0 amide bonds. The molecule has 18 heavy (non-hydrogen) atoms. The first-order valence-electron chi connectivity index (χ1n) is 6.89. The molecule has 1 fully saturated rings. The zero-order chi connectivity index (χ0) is 13.0. The smallest absolute Gasteiger partial charge is 0.124 e. The lowest BCUT2D eigenvalue weighted by molar-refractivity contribution is 0.445. The largest absolute Gasteiger partial charge is 0.213 e. The third-order valence-corrected chi connectivity index (χ3v) is 9.89. The number of hydrogen-bond acceptors (Lipinski definition) is 1. The summed E-state index contributed by atoms with van der Waals surface area (Å²) in [5.74, 6) is 0.572. The second-order valence-electron chi connectivity index (χ2n) is 5.77. The van der Waals surface area contributed by atoms with E-state index in [9.17, 15) is 4.21 Å². The van der Waals surface area contributed by atoms with Crippen LogP contribution in [0.4, 0.5) is 0 Å². The van der Waals surface area contributed by atoms with Crippen LogP contribution in [0.1, 0.15) is 32.1 Å². The first-order chi connectivity index (χ1) is 8.66. The van der Waals surface area contributed by atoms with E-state index in [1.165, 1.54) is 41.8 Å². The van der Waals surface area contributed by atoms with E-state index in [4.69, 9.17) is 0 Å². The molecule has 98 valence electrons. The Balaban J connectivity index is 2.29. The van der Waals surface area contributed by atoms with E-state index in [2.05, 4.69) is 43.4 Å². The monoisotopic (exact) mass is 278 g/mol. The fraction of sp³-hybridized carbons (Fsp3) is 0.533. The summed E-state index contributed by atoms with van der Waals surface area (Å²) in [6.45, 7) is 4.66. The molecule has 1 aromatic rings. The summed E-state index contributed by atoms with van der Waals surface area (Å²) in [7, 11) is -1.73. The summed E-state index contributed by atoms with van der Waals surface area (Å²) in [6, 6.07) is 10.6. The number of benzene rings is 1. The van der Waals surface area contributed by atoms with E-state index < -0.39 is 8.07 Å². The van der Waals surface area contributed by atoms with Gasteiger partial charge < -0.3 is 0 Å². The van der Waals surface area contributed by atoms with Gasteiger partial charge in [0.1, 0.15) is 8.07 Å². The molecule has 0 atom stereocenters. The van der Waals surface area contributed by atoms with Gasteiger partial charge in [-0.3, -0.25) is 0 Å². The standard InChI is InChI=1S/C15H22OSSi/c1-18(2,14-11-7-4-8-12-14)15(17-16)13-9-5-3-6-10-13/h4,7-8,11-13H,3,5-6,9-10H2,1-2H3. The van der Waals surface area contributed by atoms with Gasteiger partial charge >= 0.3 is 0 Å². The summed E-state index contributed by atoms with van der Waals surface area (Å²) in [5.41, 5.74) is 0. The highest BCUT2D eigenvalue weighted by molar-refractivity contribution is 7.73. The van der Waals surface area contributed by atoms with E-state index in [1.54, 1.807) is 0 Å². The second-order valence-corrected chi connectivity index (χ2v) is 11.1. The third-order valence-electron chi connectivity index (χ3n) is 4.18. The fourth-order valence-corrected chi connectivity index (χ4v) is 7.22. The van der Waals surface area contributed by atoms with Crippen molar-refractivity contribution in [2.75, 3.05) is 0 Å². The second kappa shape index (κ2) is 5.98. The normalized spacial score (nSPS) is 17.4. The Bertz CT molecular complexity index is 443. The van der Waals surface area contributed by atoms with Gasteiger partial charge in [-0.1, -0.05) is 67.9 Å². The molecule has 1 aliphatic rings. The quantitative estimate of drug-likeness (QED) is 0.613. The molecular formula is C15H22OSSi. The van der Waals surface area contributed by atoms with Crippen molar-refractivity contribution in [3.8, 4) is 0 Å². The Morgan fingerprint density at radius 2 is 1.72 bits per heavy atom. The minimum absolute atomic E-state index is 0.572. The van der Waals surface area contributed by atoms with Gasteiger partial charge in [0.15, 0.2) is 0 Å². The van der Waals surface area contributed by atoms with Gasteiger partial charge in [-0.05, 0) is 18.8 Å². The molecule has 0 bridgehead atoms. The SMILES string of the molecule is C[Si](C)(C(=S=O)C1CCCCC1)c1ccccc1. The van der Waals surface area contributed by atoms with E-state index >= 15 is 0 Å². The van der Waals surface area contributed by atoms with Crippen LogP contribution in [-0.4, -0.2) is 16.8 Å². The summed E-state index contributed by atoms with van der Waals surface area (Å²) in [5, 5.41) is 1.40. The highest BCUT2D eigenvalue weighted by Gasteiger charge is 2.35. The predicted molar refractivity (Wildman–Crippen MR) is 83.3 cm³/mol. The van der Waals surface area contributed by atoms with Crippen molar-refractivity contribution in [1.29, 1.82) is 0 Å². The molecule has 0 heterocycles. The zero-order valence-corrected chi connectivity index (χ0v) is 13.1. The fourth-order valence-electron chi connectivity index (χ4n) is 3.04. The minimum Gasteiger partial charge on any atom is -0.213 e. The molecule has 1 aliphatic carbocycles. The molecule has 0 saturated heterocycles. The average Bonchev–Trinajstić information content (AvgIpc) is 2.41. The van der Waals surface area contributed by atoms with Crippen LogP contribution in [-0.2, 0) is 11.3 Å². The Morgan fingerprint density at radius 1 is 1.11 bits per heavy atom. The van der Waals surface area contributed by atoms with Gasteiger partial charge in [0.2, 0.25) is 0 Å². The lowest BCUT2D eigenvalue weighted by Crippen LogP contribution is -2.52. The van der Waals surface area contributed by atoms with E-state index in [0.29, 0.717) is 5.92 Å². The summed E-state index contributed by atoms with van der Waals surface area (Å²) in [6.07, 6.45) is 6.41. The van der Waals surface area contributed by atoms with Crippen molar-refractivity contribution < 1.29 is 4.21 Å². The maximum absolute atomic E-state index is 11.7. The number of hydrogen-bond donors (Lipinski definition) is 0. The number of rotatable bonds is 3. The lowest BCUT2D eigenvalue weighted by Gasteiger charge is -2.31. The predicted octanol–water partition coefficient (Wildman–Crippen LogP) is 3.11. The third kappa shape index (κ3) is 2.83. The van der Waals surface area contributed by atoms with Crippen molar-refractivity contribution >= 4 is 29.0 Å². The van der Waals surface area contributed by atoms with Gasteiger partial charge in [0, 0.05) is 4.49 Å². The van der Waals surface area contributed by atoms with Crippen LogP contribution in [0.15, 0.2) is 30.3 Å². The minimum atomic E-state index is -1.73. The molecule has 1 aromatic carbocycles. The highest BCUT2D eigenvalue weighted by Crippen LogP contribution is 2.27. The molecule has 1 saturated carbocycles. The Kier molecular flexibility index (Phi) is 4.57. The molecule has 0 radical (unpaired) electrons. The van der Waals surface area contributed by atoms with Gasteiger partial charge in [-0.15, -0.1) is 0 Å². The van der Waals surface area contributed by atoms with Crippen LogP contribution in [0.5, 0.6) is 0 Å². The van der Waals surface area contributed by atoms with Crippen molar-refractivity contribution in [1.82, 2.24) is 0 Å². The molecule has 3 heteroatoms. The Hall–Kier alpha value is -0.673. The van der Waals surface area contributed by atoms with Crippen LogP contribution < -0.4 is 5.19 Å². The van der Waals surface area contributed by atoms with Gasteiger partial charge in [-0.25, -0.2) is 4.21 Å². The summed E-state index contributed by atoms with van der Waals surface area (Å²) in [4.78, 5) is 0. The molecule has 2 rings (SSSR count). The average molecular weight is 278 g/mol. The summed E-state index contributed by atoms with van der Waals surface area (Å²) >= 11 is 0.807. The Labute approximate surface area is 115 Å². The van der Waals surface area contributed by atoms with Crippen molar-refractivity contribution in [2.45, 2.75) is 45.2 Å². The molecule has 0 N–H and O–H groups in total. The molecule has 0 spiro atoms. The molecule has 0 unspecified atom stereocenters. The van der Waals surface area contributed by atoms with E-state index in [-0.39, 0.29) is 0 Å². The lowest BCUT2D eigenvalue weighted by atomic mass is 9.91. The maximum Gasteiger partial charge on any atom is 0.124 e. The van der Waals surface area contributed by atoms with Crippen LogP contribution in [0.3, 0.4) is 0 Å². The first kappa shape index (κ1) is 13.8. The van der Waals surface area contributed by atoms with Gasteiger partial charge in [-0.2, -0.15) is 0 Å². The molecule has 0 aliphatic heterocycles. The van der Waals surface area contributed by atoms with E-state index in [0.717, 1.165) is 11.3 Å². The van der Waals surface area contributed by atoms with Gasteiger partial charge in [0.25, 0.3) is 0 Å². The summed E-state index contributed by atoms with van der Waals surface area (Å²) < 4.78 is 12.9.